The van der Waals surface area contributed by atoms with E-state index in [2.05, 4.69) is 70.3 Å². The van der Waals surface area contributed by atoms with Crippen LogP contribution in [0, 0.1) is 0 Å². The van der Waals surface area contributed by atoms with Crippen LogP contribution in [-0.4, -0.2) is 8.07 Å². The largest absolute Gasteiger partial charge is 0.0915 e. The molecule has 1 aliphatic rings. The standard InChI is InChI=1S/C26H42Si/c1-6-8-10-12-16-23-19-24(17-13-11-9-7-2)21-25(20-23)27(4,5)26-18-14-15-22(26)3/h14-15,18-21,26H,6-13,16-17H2,1-5H3. The van der Waals surface area contributed by atoms with Crippen molar-refractivity contribution in [2.45, 2.75) is 104 Å². The zero-order valence-electron chi connectivity index (χ0n) is 18.6. The average molecular weight is 383 g/mol. The molecule has 0 amide bonds. The van der Waals surface area contributed by atoms with Crippen LogP contribution in [0.1, 0.15) is 83.3 Å². The van der Waals surface area contributed by atoms with Gasteiger partial charge >= 0.3 is 0 Å². The lowest BCUT2D eigenvalue weighted by atomic mass is 10.0. The van der Waals surface area contributed by atoms with Gasteiger partial charge in [0.05, 0.1) is 8.07 Å². The summed E-state index contributed by atoms with van der Waals surface area (Å²) in [5.41, 5.74) is 5.42. The number of hydrogen-bond donors (Lipinski definition) is 0. The molecule has 1 aromatic rings. The molecular weight excluding hydrogens is 340 g/mol. The molecule has 1 aliphatic carbocycles. The summed E-state index contributed by atoms with van der Waals surface area (Å²) in [6.07, 6.45) is 20.4. The number of allylic oxidation sites excluding steroid dienone is 4. The molecule has 0 saturated carbocycles. The van der Waals surface area contributed by atoms with Gasteiger partial charge in [-0.1, -0.05) is 113 Å². The molecule has 0 aromatic heterocycles. The van der Waals surface area contributed by atoms with Gasteiger partial charge in [-0.15, -0.1) is 0 Å². The minimum atomic E-state index is -1.54. The Labute approximate surface area is 170 Å². The molecule has 150 valence electrons. The van der Waals surface area contributed by atoms with Gasteiger partial charge in [-0.05, 0) is 49.3 Å². The maximum Gasteiger partial charge on any atom is 0.0915 e. The minimum Gasteiger partial charge on any atom is -0.0797 e. The second-order valence-electron chi connectivity index (χ2n) is 9.15. The van der Waals surface area contributed by atoms with Crippen molar-refractivity contribution < 1.29 is 0 Å². The molecule has 1 unspecified atom stereocenters. The second-order valence-corrected chi connectivity index (χ2v) is 13.8. The van der Waals surface area contributed by atoms with E-state index in [-0.39, 0.29) is 0 Å². The van der Waals surface area contributed by atoms with E-state index in [0.29, 0.717) is 5.54 Å². The van der Waals surface area contributed by atoms with Crippen LogP contribution in [0.5, 0.6) is 0 Å². The van der Waals surface area contributed by atoms with Crippen LogP contribution in [0.25, 0.3) is 0 Å². The van der Waals surface area contributed by atoms with E-state index in [4.69, 9.17) is 0 Å². The molecule has 0 radical (unpaired) electrons. The topological polar surface area (TPSA) is 0 Å². The minimum absolute atomic E-state index is 0.667. The van der Waals surface area contributed by atoms with Crippen LogP contribution in [0.2, 0.25) is 18.6 Å². The molecule has 1 aromatic carbocycles. The SMILES string of the molecule is CCCCCCc1cc(CCCCCC)cc([Si](C)(C)C2C=CC=C2C)c1. The Bertz CT molecular complexity index is 605. The van der Waals surface area contributed by atoms with Crippen molar-refractivity contribution in [2.24, 2.45) is 0 Å². The predicted octanol–water partition coefficient (Wildman–Crippen LogP) is 7.73. The highest BCUT2D eigenvalue weighted by atomic mass is 28.3. The molecule has 27 heavy (non-hydrogen) atoms. The van der Waals surface area contributed by atoms with Crippen molar-refractivity contribution >= 4 is 13.3 Å². The third kappa shape index (κ3) is 6.49. The van der Waals surface area contributed by atoms with Crippen LogP contribution >= 0.6 is 0 Å². The van der Waals surface area contributed by atoms with Gasteiger partial charge < -0.3 is 0 Å². The molecule has 0 saturated heterocycles. The van der Waals surface area contributed by atoms with E-state index in [9.17, 15) is 0 Å². The summed E-state index contributed by atoms with van der Waals surface area (Å²) in [6.45, 7) is 12.1. The van der Waals surface area contributed by atoms with Crippen LogP contribution in [0.3, 0.4) is 0 Å². The number of aryl methyl sites for hydroxylation is 2. The molecule has 0 fully saturated rings. The normalized spacial score (nSPS) is 16.8. The summed E-state index contributed by atoms with van der Waals surface area (Å²) in [5, 5.41) is 1.67. The van der Waals surface area contributed by atoms with Gasteiger partial charge in [-0.3, -0.25) is 0 Å². The smallest absolute Gasteiger partial charge is 0.0797 e. The average Bonchev–Trinajstić information content (AvgIpc) is 3.09. The number of rotatable bonds is 12. The highest BCUT2D eigenvalue weighted by molar-refractivity contribution is 6.92. The highest BCUT2D eigenvalue weighted by Gasteiger charge is 2.34. The Morgan fingerprint density at radius 3 is 1.78 bits per heavy atom. The van der Waals surface area contributed by atoms with Crippen molar-refractivity contribution in [1.29, 1.82) is 0 Å². The first kappa shape index (κ1) is 22.2. The van der Waals surface area contributed by atoms with Crippen molar-refractivity contribution in [3.8, 4) is 0 Å². The molecule has 0 N–H and O–H groups in total. The summed E-state index contributed by atoms with van der Waals surface area (Å²) >= 11 is 0. The molecular formula is C26H42Si. The Kier molecular flexibility index (Phi) is 9.09. The zero-order valence-corrected chi connectivity index (χ0v) is 19.6. The summed E-state index contributed by atoms with van der Waals surface area (Å²) in [6, 6.07) is 7.68. The molecule has 2 rings (SSSR count). The number of benzene rings is 1. The monoisotopic (exact) mass is 382 g/mol. The lowest BCUT2D eigenvalue weighted by molar-refractivity contribution is 0.661. The van der Waals surface area contributed by atoms with Crippen LogP contribution in [-0.2, 0) is 12.8 Å². The lowest BCUT2D eigenvalue weighted by Crippen LogP contribution is -2.46. The first-order chi connectivity index (χ1) is 13.0. The van der Waals surface area contributed by atoms with Crippen molar-refractivity contribution in [2.75, 3.05) is 0 Å². The fourth-order valence-electron chi connectivity index (χ4n) is 4.50. The number of unbranched alkanes of at least 4 members (excludes halogenated alkanes) is 6. The quantitative estimate of drug-likeness (QED) is 0.256. The Balaban J connectivity index is 2.20. The molecule has 0 heterocycles. The van der Waals surface area contributed by atoms with Crippen LogP contribution in [0.4, 0.5) is 0 Å². The summed E-state index contributed by atoms with van der Waals surface area (Å²) in [7, 11) is -1.54. The van der Waals surface area contributed by atoms with E-state index < -0.39 is 8.07 Å². The first-order valence-electron chi connectivity index (χ1n) is 11.5. The van der Waals surface area contributed by atoms with E-state index in [1.807, 2.05) is 0 Å². The fourth-order valence-corrected chi connectivity index (χ4v) is 7.80. The Morgan fingerprint density at radius 2 is 1.33 bits per heavy atom. The summed E-state index contributed by atoms with van der Waals surface area (Å²) in [4.78, 5) is 0. The van der Waals surface area contributed by atoms with Crippen molar-refractivity contribution in [3.63, 3.8) is 0 Å². The molecule has 1 heteroatoms. The third-order valence-electron chi connectivity index (χ3n) is 6.37. The van der Waals surface area contributed by atoms with E-state index >= 15 is 0 Å². The predicted molar refractivity (Wildman–Crippen MR) is 126 cm³/mol. The van der Waals surface area contributed by atoms with Gasteiger partial charge in [0.25, 0.3) is 0 Å². The molecule has 0 bridgehead atoms. The third-order valence-corrected chi connectivity index (χ3v) is 10.3. The van der Waals surface area contributed by atoms with Gasteiger partial charge in [0.15, 0.2) is 0 Å². The van der Waals surface area contributed by atoms with Crippen molar-refractivity contribution in [3.05, 3.63) is 53.1 Å². The molecule has 0 nitrogen and oxygen atoms in total. The molecule has 0 aliphatic heterocycles. The van der Waals surface area contributed by atoms with Gasteiger partial charge in [0, 0.05) is 0 Å². The van der Waals surface area contributed by atoms with Gasteiger partial charge in [0.1, 0.15) is 0 Å². The Hall–Kier alpha value is -1.08. The van der Waals surface area contributed by atoms with Gasteiger partial charge in [-0.25, -0.2) is 0 Å². The summed E-state index contributed by atoms with van der Waals surface area (Å²) in [5.74, 6) is 0. The Morgan fingerprint density at radius 1 is 0.778 bits per heavy atom. The molecule has 0 spiro atoms. The lowest BCUT2D eigenvalue weighted by Gasteiger charge is -2.31. The maximum absolute atomic E-state index is 2.58. The highest BCUT2D eigenvalue weighted by Crippen LogP contribution is 2.34. The summed E-state index contributed by atoms with van der Waals surface area (Å²) < 4.78 is 0. The second kappa shape index (κ2) is 11.0. The van der Waals surface area contributed by atoms with Crippen molar-refractivity contribution in [1.82, 2.24) is 0 Å². The number of hydrogen-bond acceptors (Lipinski definition) is 0. The van der Waals surface area contributed by atoms with E-state index in [1.54, 1.807) is 21.9 Å². The van der Waals surface area contributed by atoms with E-state index in [1.165, 1.54) is 64.2 Å². The zero-order chi connectivity index (χ0) is 19.7. The van der Waals surface area contributed by atoms with Gasteiger partial charge in [-0.2, -0.15) is 0 Å². The van der Waals surface area contributed by atoms with Gasteiger partial charge in [0.2, 0.25) is 0 Å². The molecule has 1 atom stereocenters. The van der Waals surface area contributed by atoms with E-state index in [0.717, 1.165) is 0 Å². The maximum atomic E-state index is 2.58. The fraction of sp³-hybridized carbons (Fsp3) is 0.615. The van der Waals surface area contributed by atoms with Crippen LogP contribution < -0.4 is 5.19 Å². The van der Waals surface area contributed by atoms with Crippen LogP contribution in [0.15, 0.2) is 42.0 Å². The first-order valence-corrected chi connectivity index (χ1v) is 14.5.